The van der Waals surface area contributed by atoms with E-state index in [4.69, 9.17) is 16.3 Å². The quantitative estimate of drug-likeness (QED) is 0.774. The summed E-state index contributed by atoms with van der Waals surface area (Å²) in [4.78, 5) is 13.0. The molecule has 1 amide bonds. The summed E-state index contributed by atoms with van der Waals surface area (Å²) in [6.45, 7) is 2.95. The van der Waals surface area contributed by atoms with Crippen molar-refractivity contribution in [2.24, 2.45) is 0 Å². The van der Waals surface area contributed by atoms with Crippen molar-refractivity contribution in [2.45, 2.75) is 25.3 Å². The van der Waals surface area contributed by atoms with Crippen molar-refractivity contribution in [2.75, 3.05) is 32.6 Å². The Morgan fingerprint density at radius 1 is 1.29 bits per heavy atom. The van der Waals surface area contributed by atoms with E-state index in [9.17, 15) is 4.79 Å². The average molecular weight is 312 g/mol. The number of alkyl halides is 1. The van der Waals surface area contributed by atoms with Crippen LogP contribution in [0.4, 0.5) is 0 Å². The molecule has 1 heterocycles. The van der Waals surface area contributed by atoms with Crippen LogP contribution in [0, 0.1) is 0 Å². The number of amides is 1. The van der Waals surface area contributed by atoms with Crippen molar-refractivity contribution in [3.05, 3.63) is 29.8 Å². The Balaban J connectivity index is 2.10. The van der Waals surface area contributed by atoms with Gasteiger partial charge < -0.3 is 15.0 Å². The van der Waals surface area contributed by atoms with E-state index in [0.717, 1.165) is 18.8 Å². The molecule has 1 atom stereocenters. The molecule has 1 aromatic carbocycles. The highest BCUT2D eigenvalue weighted by molar-refractivity contribution is 6.27. The van der Waals surface area contributed by atoms with Gasteiger partial charge in [0.15, 0.2) is 0 Å². The fourth-order valence-electron chi connectivity index (χ4n) is 2.95. The molecule has 0 unspecified atom stereocenters. The zero-order valence-corrected chi connectivity index (χ0v) is 13.3. The number of hydrogen-bond acceptors (Lipinski definition) is 2. The molecule has 0 aliphatic carbocycles. The number of likely N-dealkylation sites (tertiary alicyclic amines) is 1. The van der Waals surface area contributed by atoms with Gasteiger partial charge in [0, 0.05) is 5.56 Å². The number of hydrogen-bond donors (Lipinski definition) is 2. The minimum absolute atomic E-state index is 0.0185. The fraction of sp³-hybridized carbons (Fsp3) is 0.562. The Labute approximate surface area is 131 Å². The molecular formula is C16H24ClN2O2+. The summed E-state index contributed by atoms with van der Waals surface area (Å²) in [6.07, 6.45) is 3.82. The van der Waals surface area contributed by atoms with Crippen molar-refractivity contribution >= 4 is 17.5 Å². The Kier molecular flexibility index (Phi) is 6.33. The van der Waals surface area contributed by atoms with E-state index in [-0.39, 0.29) is 17.8 Å². The van der Waals surface area contributed by atoms with Crippen molar-refractivity contribution in [1.82, 2.24) is 5.32 Å². The van der Waals surface area contributed by atoms with Crippen LogP contribution in [0.2, 0.25) is 0 Å². The predicted octanol–water partition coefficient (Wildman–Crippen LogP) is 1.16. The number of benzene rings is 1. The second-order valence-electron chi connectivity index (χ2n) is 5.48. The lowest BCUT2D eigenvalue weighted by atomic mass is 10.0. The molecule has 2 rings (SSSR count). The lowest BCUT2D eigenvalue weighted by Crippen LogP contribution is -3.13. The number of carbonyl (C=O) groups excluding carboxylic acids is 1. The van der Waals surface area contributed by atoms with Gasteiger partial charge in [0.05, 0.1) is 26.7 Å². The molecule has 0 aromatic heterocycles. The first-order valence-corrected chi connectivity index (χ1v) is 8.09. The van der Waals surface area contributed by atoms with Crippen LogP contribution in [0.5, 0.6) is 5.75 Å². The maximum atomic E-state index is 11.5. The third-order valence-corrected chi connectivity index (χ3v) is 4.37. The number of halogens is 1. The molecule has 1 aliphatic rings. The molecule has 1 fully saturated rings. The third-order valence-electron chi connectivity index (χ3n) is 4.13. The Bertz CT molecular complexity index is 444. The first kappa shape index (κ1) is 16.1. The van der Waals surface area contributed by atoms with E-state index in [2.05, 4.69) is 17.4 Å². The van der Waals surface area contributed by atoms with Crippen LogP contribution >= 0.6 is 11.6 Å². The lowest BCUT2D eigenvalue weighted by molar-refractivity contribution is -0.935. The number of ether oxygens (including phenoxy) is 1. The van der Waals surface area contributed by atoms with Crippen molar-refractivity contribution < 1.29 is 14.4 Å². The van der Waals surface area contributed by atoms with Crippen LogP contribution in [0.3, 0.4) is 0 Å². The second-order valence-corrected chi connectivity index (χ2v) is 5.75. The van der Waals surface area contributed by atoms with Gasteiger partial charge in [-0.05, 0) is 43.5 Å². The Morgan fingerprint density at radius 3 is 2.52 bits per heavy atom. The maximum Gasteiger partial charge on any atom is 0.235 e. The standard InChI is InChI=1S/C16H23ClN2O2/c1-21-14-7-5-13(6-8-14)15(12-18-16(20)11-17)19-9-3-2-4-10-19/h5-8,15H,2-4,9-12H2,1H3,(H,18,20)/p+1/t15-/m1/s1. The molecule has 116 valence electrons. The van der Waals surface area contributed by atoms with Crippen LogP contribution in [0.25, 0.3) is 0 Å². The first-order valence-electron chi connectivity index (χ1n) is 7.55. The molecule has 0 radical (unpaired) electrons. The van der Waals surface area contributed by atoms with E-state index in [0.29, 0.717) is 6.54 Å². The highest BCUT2D eigenvalue weighted by atomic mass is 35.5. The summed E-state index contributed by atoms with van der Waals surface area (Å²) in [7, 11) is 1.67. The number of quaternary nitrogens is 1. The van der Waals surface area contributed by atoms with Gasteiger partial charge in [-0.2, -0.15) is 0 Å². The van der Waals surface area contributed by atoms with Crippen molar-refractivity contribution in [3.63, 3.8) is 0 Å². The average Bonchev–Trinajstić information content (AvgIpc) is 2.56. The predicted molar refractivity (Wildman–Crippen MR) is 84.0 cm³/mol. The smallest absolute Gasteiger partial charge is 0.235 e. The maximum absolute atomic E-state index is 11.5. The van der Waals surface area contributed by atoms with Gasteiger partial charge in [-0.15, -0.1) is 11.6 Å². The lowest BCUT2D eigenvalue weighted by Gasteiger charge is -2.32. The van der Waals surface area contributed by atoms with Crippen LogP contribution < -0.4 is 15.0 Å². The molecular weight excluding hydrogens is 288 g/mol. The Hall–Kier alpha value is -1.26. The number of piperidine rings is 1. The van der Waals surface area contributed by atoms with E-state index < -0.39 is 0 Å². The molecule has 5 heteroatoms. The van der Waals surface area contributed by atoms with Crippen LogP contribution in [-0.2, 0) is 4.79 Å². The molecule has 4 nitrogen and oxygen atoms in total. The van der Waals surface area contributed by atoms with Gasteiger partial charge >= 0.3 is 0 Å². The molecule has 1 aromatic rings. The van der Waals surface area contributed by atoms with E-state index in [1.165, 1.54) is 24.8 Å². The minimum Gasteiger partial charge on any atom is -0.497 e. The normalized spacial score (nSPS) is 17.2. The summed E-state index contributed by atoms with van der Waals surface area (Å²) >= 11 is 5.57. The van der Waals surface area contributed by atoms with E-state index in [1.54, 1.807) is 12.0 Å². The largest absolute Gasteiger partial charge is 0.497 e. The molecule has 2 N–H and O–H groups in total. The number of rotatable bonds is 6. The van der Waals surface area contributed by atoms with Crippen LogP contribution in [-0.4, -0.2) is 38.5 Å². The first-order chi connectivity index (χ1) is 10.2. The number of carbonyl (C=O) groups is 1. The second kappa shape index (κ2) is 8.25. The number of methoxy groups -OCH3 is 1. The van der Waals surface area contributed by atoms with Crippen molar-refractivity contribution in [3.8, 4) is 5.75 Å². The van der Waals surface area contributed by atoms with Gasteiger partial charge in [-0.25, -0.2) is 0 Å². The topological polar surface area (TPSA) is 42.8 Å². The molecule has 0 bridgehead atoms. The minimum atomic E-state index is -0.105. The zero-order chi connectivity index (χ0) is 15.1. The van der Waals surface area contributed by atoms with Gasteiger partial charge in [-0.3, -0.25) is 4.79 Å². The summed E-state index contributed by atoms with van der Waals surface area (Å²) in [6, 6.07) is 8.43. The molecule has 1 aliphatic heterocycles. The summed E-state index contributed by atoms with van der Waals surface area (Å²) in [5.41, 5.74) is 1.24. The molecule has 0 spiro atoms. The number of nitrogens with one attached hydrogen (secondary N) is 2. The molecule has 21 heavy (non-hydrogen) atoms. The van der Waals surface area contributed by atoms with Gasteiger partial charge in [-0.1, -0.05) is 0 Å². The van der Waals surface area contributed by atoms with Crippen molar-refractivity contribution in [1.29, 1.82) is 0 Å². The van der Waals surface area contributed by atoms with Gasteiger partial charge in [0.25, 0.3) is 0 Å². The highest BCUT2D eigenvalue weighted by Crippen LogP contribution is 2.16. The van der Waals surface area contributed by atoms with Crippen LogP contribution in [0.1, 0.15) is 30.9 Å². The summed E-state index contributed by atoms with van der Waals surface area (Å²) in [5.74, 6) is 0.771. The summed E-state index contributed by atoms with van der Waals surface area (Å²) < 4.78 is 5.22. The molecule has 0 saturated carbocycles. The SMILES string of the molecule is COc1ccc([C@@H](CNC(=O)CCl)[NH+]2CCCCC2)cc1. The van der Waals surface area contributed by atoms with E-state index >= 15 is 0 Å². The zero-order valence-electron chi connectivity index (χ0n) is 12.5. The fourth-order valence-corrected chi connectivity index (χ4v) is 3.05. The summed E-state index contributed by atoms with van der Waals surface area (Å²) in [5, 5.41) is 2.93. The third kappa shape index (κ3) is 4.61. The van der Waals surface area contributed by atoms with Crippen LogP contribution in [0.15, 0.2) is 24.3 Å². The van der Waals surface area contributed by atoms with Gasteiger partial charge in [0.1, 0.15) is 17.7 Å². The van der Waals surface area contributed by atoms with Gasteiger partial charge in [0.2, 0.25) is 5.91 Å². The van der Waals surface area contributed by atoms with E-state index in [1.807, 2.05) is 12.1 Å². The Morgan fingerprint density at radius 2 is 1.95 bits per heavy atom. The highest BCUT2D eigenvalue weighted by Gasteiger charge is 2.26. The monoisotopic (exact) mass is 311 g/mol. The molecule has 1 saturated heterocycles.